The van der Waals surface area contributed by atoms with Gasteiger partial charge in [0.2, 0.25) is 0 Å². The fourth-order valence-corrected chi connectivity index (χ4v) is 4.01. The zero-order valence-corrected chi connectivity index (χ0v) is 12.6. The van der Waals surface area contributed by atoms with Crippen molar-refractivity contribution in [1.82, 2.24) is 10.6 Å². The molecule has 2 aliphatic carbocycles. The molecule has 2 unspecified atom stereocenters. The Morgan fingerprint density at radius 3 is 2.90 bits per heavy atom. The molecule has 0 spiro atoms. The van der Waals surface area contributed by atoms with Gasteiger partial charge in [-0.05, 0) is 55.0 Å². The van der Waals surface area contributed by atoms with Gasteiger partial charge in [0.25, 0.3) is 0 Å². The molecular formula is C15H20N2O3S. The van der Waals surface area contributed by atoms with E-state index in [0.29, 0.717) is 5.92 Å². The number of fused-ring (bicyclic) bond motifs is 1. The minimum absolute atomic E-state index is 0.00640. The highest BCUT2D eigenvalue weighted by Gasteiger charge is 2.34. The summed E-state index contributed by atoms with van der Waals surface area (Å²) in [5, 5.41) is 16.9. The quantitative estimate of drug-likeness (QED) is 0.782. The van der Waals surface area contributed by atoms with Gasteiger partial charge in [-0.15, -0.1) is 11.3 Å². The molecule has 2 amide bonds. The van der Waals surface area contributed by atoms with Crippen LogP contribution in [-0.2, 0) is 11.2 Å². The fraction of sp³-hybridized carbons (Fsp3) is 0.600. The Morgan fingerprint density at radius 2 is 2.19 bits per heavy atom. The molecule has 2 aliphatic rings. The number of carbonyl (C=O) groups excluding carboxylic acids is 1. The maximum absolute atomic E-state index is 12.2. The molecule has 3 N–H and O–H groups in total. The first-order chi connectivity index (χ1) is 10.1. The molecule has 2 atom stereocenters. The van der Waals surface area contributed by atoms with Gasteiger partial charge in [-0.2, -0.15) is 0 Å². The van der Waals surface area contributed by atoms with Gasteiger partial charge in [-0.25, -0.2) is 4.79 Å². The van der Waals surface area contributed by atoms with Crippen molar-refractivity contribution in [3.63, 3.8) is 0 Å². The third-order valence-corrected chi connectivity index (χ3v) is 5.26. The number of carboxylic acids is 1. The molecule has 0 radical (unpaired) electrons. The number of carbonyl (C=O) groups is 2. The molecule has 114 valence electrons. The zero-order chi connectivity index (χ0) is 14.8. The second kappa shape index (κ2) is 6.05. The van der Waals surface area contributed by atoms with E-state index in [1.165, 1.54) is 10.4 Å². The number of aryl methyl sites for hydroxylation is 1. The molecule has 6 heteroatoms. The summed E-state index contributed by atoms with van der Waals surface area (Å²) < 4.78 is 0. The second-order valence-corrected chi connectivity index (χ2v) is 6.90. The highest BCUT2D eigenvalue weighted by Crippen LogP contribution is 2.35. The van der Waals surface area contributed by atoms with E-state index < -0.39 is 5.97 Å². The van der Waals surface area contributed by atoms with Crippen LogP contribution in [0.4, 0.5) is 4.79 Å². The Morgan fingerprint density at radius 1 is 1.38 bits per heavy atom. The van der Waals surface area contributed by atoms with Crippen LogP contribution >= 0.6 is 11.3 Å². The maximum Gasteiger partial charge on any atom is 0.315 e. The van der Waals surface area contributed by atoms with Crippen LogP contribution in [0.5, 0.6) is 0 Å². The summed E-state index contributed by atoms with van der Waals surface area (Å²) in [5.74, 6) is -0.528. The van der Waals surface area contributed by atoms with Gasteiger partial charge < -0.3 is 15.7 Å². The predicted octanol–water partition coefficient (Wildman–Crippen LogP) is 2.68. The SMILES string of the molecule is O=C(O)CC(NC(=O)NC1CCCc2sccc21)C1CC1. The van der Waals surface area contributed by atoms with E-state index in [9.17, 15) is 9.59 Å². The van der Waals surface area contributed by atoms with E-state index >= 15 is 0 Å². The molecular weight excluding hydrogens is 288 g/mol. The number of nitrogens with one attached hydrogen (secondary N) is 2. The van der Waals surface area contributed by atoms with Gasteiger partial charge in [0, 0.05) is 10.9 Å². The number of hydrogen-bond acceptors (Lipinski definition) is 3. The lowest BCUT2D eigenvalue weighted by Gasteiger charge is -2.25. The van der Waals surface area contributed by atoms with Crippen LogP contribution in [-0.4, -0.2) is 23.1 Å². The zero-order valence-electron chi connectivity index (χ0n) is 11.8. The number of aliphatic carboxylic acids is 1. The summed E-state index contributed by atoms with van der Waals surface area (Å²) in [4.78, 5) is 24.4. The van der Waals surface area contributed by atoms with Gasteiger partial charge in [0.15, 0.2) is 0 Å². The topological polar surface area (TPSA) is 78.4 Å². The normalized spacial score (nSPS) is 22.2. The third-order valence-electron chi connectivity index (χ3n) is 4.26. The molecule has 0 aliphatic heterocycles. The number of thiophene rings is 1. The highest BCUT2D eigenvalue weighted by atomic mass is 32.1. The summed E-state index contributed by atoms with van der Waals surface area (Å²) in [6, 6.07) is 1.66. The Balaban J connectivity index is 1.58. The third kappa shape index (κ3) is 3.56. The van der Waals surface area contributed by atoms with Crippen LogP contribution < -0.4 is 10.6 Å². The van der Waals surface area contributed by atoms with Crippen molar-refractivity contribution >= 4 is 23.3 Å². The lowest BCUT2D eigenvalue weighted by Crippen LogP contribution is -2.45. The lowest BCUT2D eigenvalue weighted by atomic mass is 9.94. The molecule has 1 saturated carbocycles. The summed E-state index contributed by atoms with van der Waals surface area (Å²) >= 11 is 1.74. The monoisotopic (exact) mass is 308 g/mol. The van der Waals surface area contributed by atoms with Crippen molar-refractivity contribution in [3.8, 4) is 0 Å². The van der Waals surface area contributed by atoms with E-state index in [4.69, 9.17) is 5.11 Å². The average Bonchev–Trinajstić information content (AvgIpc) is 3.15. The summed E-state index contributed by atoms with van der Waals surface area (Å²) in [5.41, 5.74) is 1.22. The number of rotatable bonds is 5. The van der Waals surface area contributed by atoms with Gasteiger partial charge in [0.1, 0.15) is 0 Å². The average molecular weight is 308 g/mol. The molecule has 1 fully saturated rings. The first-order valence-electron chi connectivity index (χ1n) is 7.48. The first kappa shape index (κ1) is 14.4. The van der Waals surface area contributed by atoms with Crippen LogP contribution in [0.2, 0.25) is 0 Å². The number of amides is 2. The summed E-state index contributed by atoms with van der Waals surface area (Å²) in [6.45, 7) is 0. The largest absolute Gasteiger partial charge is 0.481 e. The molecule has 0 saturated heterocycles. The van der Waals surface area contributed by atoms with Crippen LogP contribution in [0, 0.1) is 5.92 Å². The molecule has 1 heterocycles. The number of urea groups is 1. The van der Waals surface area contributed by atoms with Crippen molar-refractivity contribution < 1.29 is 14.7 Å². The fourth-order valence-electron chi connectivity index (χ4n) is 3.03. The van der Waals surface area contributed by atoms with Crippen LogP contribution in [0.15, 0.2) is 11.4 Å². The smallest absolute Gasteiger partial charge is 0.315 e. The van der Waals surface area contributed by atoms with E-state index in [1.807, 2.05) is 0 Å². The van der Waals surface area contributed by atoms with Gasteiger partial charge in [-0.3, -0.25) is 4.79 Å². The van der Waals surface area contributed by atoms with Crippen molar-refractivity contribution in [3.05, 3.63) is 21.9 Å². The van der Waals surface area contributed by atoms with E-state index in [2.05, 4.69) is 22.1 Å². The van der Waals surface area contributed by atoms with Crippen LogP contribution in [0.1, 0.15) is 48.6 Å². The number of hydrogen-bond donors (Lipinski definition) is 3. The van der Waals surface area contributed by atoms with Crippen LogP contribution in [0.25, 0.3) is 0 Å². The minimum Gasteiger partial charge on any atom is -0.481 e. The highest BCUT2D eigenvalue weighted by molar-refractivity contribution is 7.10. The summed E-state index contributed by atoms with van der Waals surface area (Å²) in [6.07, 6.45) is 5.15. The second-order valence-electron chi connectivity index (χ2n) is 5.90. The Bertz CT molecular complexity index is 539. The molecule has 5 nitrogen and oxygen atoms in total. The molecule has 1 aromatic heterocycles. The maximum atomic E-state index is 12.2. The molecule has 21 heavy (non-hydrogen) atoms. The van der Waals surface area contributed by atoms with E-state index in [0.717, 1.165) is 32.1 Å². The summed E-state index contributed by atoms with van der Waals surface area (Å²) in [7, 11) is 0. The van der Waals surface area contributed by atoms with Crippen LogP contribution in [0.3, 0.4) is 0 Å². The Hall–Kier alpha value is -1.56. The van der Waals surface area contributed by atoms with Crippen molar-refractivity contribution in [2.75, 3.05) is 0 Å². The molecule has 0 bridgehead atoms. The van der Waals surface area contributed by atoms with E-state index in [1.54, 1.807) is 11.3 Å². The van der Waals surface area contributed by atoms with Crippen molar-refractivity contribution in [2.45, 2.75) is 50.6 Å². The van der Waals surface area contributed by atoms with Gasteiger partial charge in [0.05, 0.1) is 12.5 Å². The molecule has 0 aromatic carbocycles. The van der Waals surface area contributed by atoms with Crippen molar-refractivity contribution in [1.29, 1.82) is 0 Å². The Labute approximate surface area is 127 Å². The Kier molecular flexibility index (Phi) is 4.14. The van der Waals surface area contributed by atoms with Gasteiger partial charge in [-0.1, -0.05) is 0 Å². The molecule has 1 aromatic rings. The first-order valence-corrected chi connectivity index (χ1v) is 8.36. The minimum atomic E-state index is -0.856. The number of carboxylic acid groups (broad SMARTS) is 1. The lowest BCUT2D eigenvalue weighted by molar-refractivity contribution is -0.137. The predicted molar refractivity (Wildman–Crippen MR) is 80.4 cm³/mol. The van der Waals surface area contributed by atoms with Crippen molar-refractivity contribution in [2.24, 2.45) is 5.92 Å². The van der Waals surface area contributed by atoms with Gasteiger partial charge >= 0.3 is 12.0 Å². The molecule has 3 rings (SSSR count). The van der Waals surface area contributed by atoms with E-state index in [-0.39, 0.29) is 24.5 Å². The standard InChI is InChI=1S/C15H20N2O3S/c18-14(19)8-12(9-4-5-9)17-15(20)16-11-2-1-3-13-10(11)6-7-21-13/h6-7,9,11-12H,1-5,8H2,(H,18,19)(H2,16,17,20).